The Hall–Kier alpha value is -2.78. The van der Waals surface area contributed by atoms with Crippen molar-refractivity contribution in [3.8, 4) is 5.75 Å². The highest BCUT2D eigenvalue weighted by Crippen LogP contribution is 2.21. The van der Waals surface area contributed by atoms with E-state index in [1.165, 1.54) is 5.56 Å². The number of nitrogens with zero attached hydrogens (tertiary/aromatic N) is 2. The zero-order valence-electron chi connectivity index (χ0n) is 18.6. The molecule has 0 aliphatic rings. The maximum atomic E-state index is 12.9. The summed E-state index contributed by atoms with van der Waals surface area (Å²) in [6.07, 6.45) is 1.25. The highest BCUT2D eigenvalue weighted by molar-refractivity contribution is 7.89. The molecule has 0 radical (unpaired) electrons. The van der Waals surface area contributed by atoms with E-state index in [-0.39, 0.29) is 17.5 Å². The normalized spacial score (nSPS) is 12.8. The van der Waals surface area contributed by atoms with Crippen LogP contribution in [0.1, 0.15) is 18.1 Å². The SMILES string of the molecule is C[C@@H](CNS(=O)(=O)c1cccc2cccnc12)Oc1cccc(CN(C)Cc2ccsc2)c1. The zero-order chi connectivity index (χ0) is 23.3. The quantitative estimate of drug-likeness (QED) is 0.356. The van der Waals surface area contributed by atoms with Crippen LogP contribution in [0.4, 0.5) is 0 Å². The Balaban J connectivity index is 1.36. The van der Waals surface area contributed by atoms with Crippen LogP contribution in [0.25, 0.3) is 10.9 Å². The maximum absolute atomic E-state index is 12.9. The van der Waals surface area contributed by atoms with Gasteiger partial charge in [0.25, 0.3) is 0 Å². The van der Waals surface area contributed by atoms with Crippen molar-refractivity contribution in [1.29, 1.82) is 0 Å². The lowest BCUT2D eigenvalue weighted by Gasteiger charge is -2.19. The first kappa shape index (κ1) is 23.4. The third kappa shape index (κ3) is 6.17. The highest BCUT2D eigenvalue weighted by atomic mass is 32.2. The number of aromatic nitrogens is 1. The van der Waals surface area contributed by atoms with Gasteiger partial charge in [0.15, 0.2) is 0 Å². The van der Waals surface area contributed by atoms with Crippen molar-refractivity contribution in [3.63, 3.8) is 0 Å². The summed E-state index contributed by atoms with van der Waals surface area (Å²) in [6, 6.07) is 18.8. The van der Waals surface area contributed by atoms with Gasteiger partial charge in [-0.05, 0) is 66.2 Å². The van der Waals surface area contributed by atoms with Crippen LogP contribution in [0.3, 0.4) is 0 Å². The number of hydrogen-bond donors (Lipinski definition) is 1. The molecule has 0 saturated carbocycles. The first-order chi connectivity index (χ1) is 15.9. The summed E-state index contributed by atoms with van der Waals surface area (Å²) in [5.41, 5.74) is 2.90. The molecule has 4 rings (SSSR count). The van der Waals surface area contributed by atoms with Crippen LogP contribution in [0.5, 0.6) is 5.75 Å². The summed E-state index contributed by atoms with van der Waals surface area (Å²) in [5.74, 6) is 0.718. The Morgan fingerprint density at radius 2 is 1.85 bits per heavy atom. The third-order valence-electron chi connectivity index (χ3n) is 5.17. The predicted molar refractivity (Wildman–Crippen MR) is 133 cm³/mol. The van der Waals surface area contributed by atoms with Crippen molar-refractivity contribution in [2.75, 3.05) is 13.6 Å². The molecule has 33 heavy (non-hydrogen) atoms. The molecular formula is C25H27N3O3S2. The Kier molecular flexibility index (Phi) is 7.39. The molecule has 1 atom stereocenters. The Morgan fingerprint density at radius 1 is 1.06 bits per heavy atom. The zero-order valence-corrected chi connectivity index (χ0v) is 20.3. The van der Waals surface area contributed by atoms with Gasteiger partial charge in [-0.15, -0.1) is 0 Å². The summed E-state index contributed by atoms with van der Waals surface area (Å²) in [4.78, 5) is 6.66. The van der Waals surface area contributed by atoms with E-state index in [1.807, 2.05) is 37.3 Å². The molecule has 1 N–H and O–H groups in total. The van der Waals surface area contributed by atoms with Crippen LogP contribution in [-0.4, -0.2) is 38.0 Å². The topological polar surface area (TPSA) is 71.5 Å². The molecule has 0 aliphatic carbocycles. The molecule has 0 fully saturated rings. The number of nitrogens with one attached hydrogen (secondary N) is 1. The molecule has 2 aromatic heterocycles. The standard InChI is InChI=1S/C25H27N3O3S2/c1-19(15-27-33(29,30)24-10-4-7-22-8-5-12-26-25(22)24)31-23-9-3-6-20(14-23)16-28(2)17-21-11-13-32-18-21/h3-14,18-19,27H,15-17H2,1-2H3/t19-/m0/s1. The van der Waals surface area contributed by atoms with Crippen molar-refractivity contribution in [3.05, 3.63) is 88.7 Å². The molecule has 2 heterocycles. The molecular weight excluding hydrogens is 454 g/mol. The van der Waals surface area contributed by atoms with Crippen molar-refractivity contribution in [2.45, 2.75) is 31.0 Å². The molecule has 0 unspecified atom stereocenters. The summed E-state index contributed by atoms with van der Waals surface area (Å²) in [6.45, 7) is 3.67. The third-order valence-corrected chi connectivity index (χ3v) is 7.35. The summed E-state index contributed by atoms with van der Waals surface area (Å²) < 4.78 is 34.5. The van der Waals surface area contributed by atoms with Crippen LogP contribution in [0.2, 0.25) is 0 Å². The monoisotopic (exact) mass is 481 g/mol. The molecule has 0 saturated heterocycles. The number of hydrogen-bond acceptors (Lipinski definition) is 6. The number of rotatable bonds is 10. The van der Waals surface area contributed by atoms with Gasteiger partial charge in [0.2, 0.25) is 10.0 Å². The van der Waals surface area contributed by atoms with Gasteiger partial charge < -0.3 is 4.74 Å². The fourth-order valence-corrected chi connectivity index (χ4v) is 5.60. The van der Waals surface area contributed by atoms with Crippen LogP contribution in [0, 0.1) is 0 Å². The Bertz CT molecular complexity index is 1300. The number of benzene rings is 2. The minimum Gasteiger partial charge on any atom is -0.489 e. The van der Waals surface area contributed by atoms with E-state index in [4.69, 9.17) is 4.74 Å². The second-order valence-corrected chi connectivity index (χ2v) is 10.6. The molecule has 0 amide bonds. The lowest BCUT2D eigenvalue weighted by Crippen LogP contribution is -2.33. The fraction of sp³-hybridized carbons (Fsp3) is 0.240. The second kappa shape index (κ2) is 10.4. The van der Waals surface area contributed by atoms with E-state index < -0.39 is 10.0 Å². The van der Waals surface area contributed by atoms with E-state index in [2.05, 4.69) is 44.5 Å². The van der Waals surface area contributed by atoms with Crippen molar-refractivity contribution in [1.82, 2.24) is 14.6 Å². The number of para-hydroxylation sites is 1. The summed E-state index contributed by atoms with van der Waals surface area (Å²) in [7, 11) is -1.63. The number of sulfonamides is 1. The van der Waals surface area contributed by atoms with Crippen molar-refractivity contribution < 1.29 is 13.2 Å². The summed E-state index contributed by atoms with van der Waals surface area (Å²) in [5, 5.41) is 5.03. The van der Waals surface area contributed by atoms with Crippen molar-refractivity contribution in [2.24, 2.45) is 0 Å². The van der Waals surface area contributed by atoms with E-state index in [0.29, 0.717) is 5.52 Å². The minimum atomic E-state index is -3.72. The Morgan fingerprint density at radius 3 is 2.67 bits per heavy atom. The fourth-order valence-electron chi connectivity index (χ4n) is 3.65. The maximum Gasteiger partial charge on any atom is 0.242 e. The van der Waals surface area contributed by atoms with Gasteiger partial charge in [0.05, 0.1) is 5.52 Å². The van der Waals surface area contributed by atoms with E-state index in [0.717, 1.165) is 29.8 Å². The Labute approximate surface area is 198 Å². The van der Waals surface area contributed by atoms with Crippen LogP contribution in [-0.2, 0) is 23.1 Å². The second-order valence-electron chi connectivity index (χ2n) is 8.06. The molecule has 6 nitrogen and oxygen atoms in total. The lowest BCUT2D eigenvalue weighted by molar-refractivity contribution is 0.224. The van der Waals surface area contributed by atoms with Gasteiger partial charge in [0, 0.05) is 31.2 Å². The molecule has 0 bridgehead atoms. The highest BCUT2D eigenvalue weighted by Gasteiger charge is 2.19. The van der Waals surface area contributed by atoms with Crippen molar-refractivity contribution >= 4 is 32.3 Å². The molecule has 2 aromatic carbocycles. The van der Waals surface area contributed by atoms with Gasteiger partial charge in [-0.1, -0.05) is 30.3 Å². The number of fused-ring (bicyclic) bond motifs is 1. The summed E-state index contributed by atoms with van der Waals surface area (Å²) >= 11 is 1.70. The number of pyridine rings is 1. The predicted octanol–water partition coefficient (Wildman–Crippen LogP) is 4.67. The number of thiophene rings is 1. The first-order valence-electron chi connectivity index (χ1n) is 10.7. The lowest BCUT2D eigenvalue weighted by atomic mass is 10.2. The van der Waals surface area contributed by atoms with Crippen LogP contribution < -0.4 is 9.46 Å². The number of ether oxygens (including phenoxy) is 1. The van der Waals surface area contributed by atoms with E-state index in [9.17, 15) is 8.42 Å². The van der Waals surface area contributed by atoms with Gasteiger partial charge in [0.1, 0.15) is 16.7 Å². The smallest absolute Gasteiger partial charge is 0.242 e. The van der Waals surface area contributed by atoms with Gasteiger partial charge in [-0.3, -0.25) is 9.88 Å². The first-order valence-corrected chi connectivity index (χ1v) is 13.1. The molecule has 172 valence electrons. The molecule has 4 aromatic rings. The molecule has 0 aliphatic heterocycles. The van der Waals surface area contributed by atoms with E-state index >= 15 is 0 Å². The minimum absolute atomic E-state index is 0.147. The molecule has 8 heteroatoms. The van der Waals surface area contributed by atoms with Crippen LogP contribution in [0.15, 0.2) is 82.5 Å². The van der Waals surface area contributed by atoms with Gasteiger partial charge >= 0.3 is 0 Å². The largest absolute Gasteiger partial charge is 0.489 e. The van der Waals surface area contributed by atoms with Gasteiger partial charge in [-0.2, -0.15) is 11.3 Å². The molecule has 0 spiro atoms. The van der Waals surface area contributed by atoms with Crippen LogP contribution >= 0.6 is 11.3 Å². The van der Waals surface area contributed by atoms with E-state index in [1.54, 1.807) is 35.7 Å². The average Bonchev–Trinajstić information content (AvgIpc) is 3.30. The average molecular weight is 482 g/mol. The van der Waals surface area contributed by atoms with Gasteiger partial charge in [-0.25, -0.2) is 13.1 Å².